The molecule has 0 bridgehead atoms. The molecule has 0 atom stereocenters. The zero-order chi connectivity index (χ0) is 13.5. The van der Waals surface area contributed by atoms with Crippen LogP contribution in [0.4, 0.5) is 0 Å². The van der Waals surface area contributed by atoms with Crippen LogP contribution >= 0.6 is 28.3 Å². The predicted octanol–water partition coefficient (Wildman–Crippen LogP) is 2.46. The monoisotopic (exact) mass is 362 g/mol. The predicted molar refractivity (Wildman–Crippen MR) is 85.6 cm³/mol. The first kappa shape index (κ1) is 17.3. The quantitative estimate of drug-likeness (QED) is 0.844. The summed E-state index contributed by atoms with van der Waals surface area (Å²) in [6.07, 6.45) is 2.56. The summed E-state index contributed by atoms with van der Waals surface area (Å²) in [5.41, 5.74) is 0. The van der Waals surface area contributed by atoms with E-state index in [9.17, 15) is 4.79 Å². The lowest BCUT2D eigenvalue weighted by Gasteiger charge is -2.14. The number of hydrogen-bond donors (Lipinski definition) is 1. The summed E-state index contributed by atoms with van der Waals surface area (Å²) in [6.45, 7) is 4.02. The third kappa shape index (κ3) is 6.11. The molecule has 0 aromatic heterocycles. The Balaban J connectivity index is 0.00000200. The highest BCUT2D eigenvalue weighted by Gasteiger charge is 2.11. The molecule has 0 unspecified atom stereocenters. The van der Waals surface area contributed by atoms with Crippen LogP contribution in [0.25, 0.3) is 0 Å². The van der Waals surface area contributed by atoms with Gasteiger partial charge < -0.3 is 15.0 Å². The van der Waals surface area contributed by atoms with Crippen LogP contribution < -0.4 is 10.1 Å². The third-order valence-corrected chi connectivity index (χ3v) is 3.66. The van der Waals surface area contributed by atoms with E-state index in [1.54, 1.807) is 0 Å². The molecule has 2 rings (SSSR count). The molecule has 6 heteroatoms. The van der Waals surface area contributed by atoms with Crippen molar-refractivity contribution in [1.29, 1.82) is 0 Å². The summed E-state index contributed by atoms with van der Waals surface area (Å²) < 4.78 is 6.39. The molecule has 1 aromatic rings. The molecular weight excluding hydrogens is 344 g/mol. The molecule has 4 nitrogen and oxygen atoms in total. The van der Waals surface area contributed by atoms with Crippen LogP contribution in [0.2, 0.25) is 0 Å². The number of nitrogens with zero attached hydrogens (tertiary/aromatic N) is 1. The van der Waals surface area contributed by atoms with Gasteiger partial charge in [0.2, 0.25) is 0 Å². The zero-order valence-corrected chi connectivity index (χ0v) is 13.7. The Morgan fingerprint density at radius 1 is 1.25 bits per heavy atom. The van der Waals surface area contributed by atoms with Gasteiger partial charge in [-0.2, -0.15) is 0 Å². The minimum atomic E-state index is -0.0675. The average Bonchev–Trinajstić information content (AvgIpc) is 2.91. The van der Waals surface area contributed by atoms with E-state index in [4.69, 9.17) is 4.74 Å². The molecule has 1 heterocycles. The summed E-state index contributed by atoms with van der Waals surface area (Å²) in [4.78, 5) is 14.0. The molecular formula is C14H20BrClN2O2. The van der Waals surface area contributed by atoms with E-state index in [0.29, 0.717) is 12.3 Å². The lowest BCUT2D eigenvalue weighted by molar-refractivity contribution is -0.123. The largest absolute Gasteiger partial charge is 0.484 e. The number of carbonyl (C=O) groups is 1. The fourth-order valence-electron chi connectivity index (χ4n) is 2.09. The summed E-state index contributed by atoms with van der Waals surface area (Å²) >= 11 is 3.35. The molecule has 1 N–H and O–H groups in total. The number of likely N-dealkylation sites (tertiary alicyclic amines) is 1. The van der Waals surface area contributed by atoms with Crippen LogP contribution in [0.1, 0.15) is 12.8 Å². The molecule has 0 aliphatic carbocycles. The summed E-state index contributed by atoms with van der Waals surface area (Å²) in [7, 11) is 0. The van der Waals surface area contributed by atoms with Crippen molar-refractivity contribution in [2.24, 2.45) is 0 Å². The van der Waals surface area contributed by atoms with E-state index in [2.05, 4.69) is 26.1 Å². The first-order valence-corrected chi connectivity index (χ1v) is 7.41. The van der Waals surface area contributed by atoms with Crippen LogP contribution in [0.15, 0.2) is 28.7 Å². The normalized spacial score (nSPS) is 14.7. The minimum Gasteiger partial charge on any atom is -0.484 e. The second kappa shape index (κ2) is 9.21. The van der Waals surface area contributed by atoms with Crippen molar-refractivity contribution in [3.05, 3.63) is 28.7 Å². The Kier molecular flexibility index (Phi) is 7.95. The average molecular weight is 364 g/mol. The lowest BCUT2D eigenvalue weighted by Crippen LogP contribution is -2.35. The smallest absolute Gasteiger partial charge is 0.257 e. The van der Waals surface area contributed by atoms with Crippen molar-refractivity contribution in [1.82, 2.24) is 10.2 Å². The van der Waals surface area contributed by atoms with Gasteiger partial charge in [-0.3, -0.25) is 4.79 Å². The van der Waals surface area contributed by atoms with Gasteiger partial charge in [0.25, 0.3) is 5.91 Å². The number of nitrogens with one attached hydrogen (secondary N) is 1. The Labute approximate surface area is 134 Å². The molecule has 20 heavy (non-hydrogen) atoms. The third-order valence-electron chi connectivity index (χ3n) is 3.13. The first-order chi connectivity index (χ1) is 9.24. The number of amides is 1. The van der Waals surface area contributed by atoms with Crippen molar-refractivity contribution in [3.8, 4) is 5.75 Å². The van der Waals surface area contributed by atoms with Crippen molar-refractivity contribution in [2.45, 2.75) is 12.8 Å². The van der Waals surface area contributed by atoms with Gasteiger partial charge in [-0.1, -0.05) is 15.9 Å². The number of benzene rings is 1. The van der Waals surface area contributed by atoms with Crippen LogP contribution in [-0.2, 0) is 4.79 Å². The van der Waals surface area contributed by atoms with Gasteiger partial charge in [-0.25, -0.2) is 0 Å². The number of rotatable bonds is 6. The highest BCUT2D eigenvalue weighted by atomic mass is 79.9. The Morgan fingerprint density at radius 3 is 2.55 bits per heavy atom. The summed E-state index contributed by atoms with van der Waals surface area (Å²) in [5.74, 6) is 0.639. The second-order valence-electron chi connectivity index (χ2n) is 4.64. The van der Waals surface area contributed by atoms with E-state index in [1.165, 1.54) is 12.8 Å². The van der Waals surface area contributed by atoms with Crippen LogP contribution in [0.5, 0.6) is 5.75 Å². The Hall–Kier alpha value is -0.780. The van der Waals surface area contributed by atoms with E-state index >= 15 is 0 Å². The Morgan fingerprint density at radius 2 is 1.90 bits per heavy atom. The van der Waals surface area contributed by atoms with E-state index in [0.717, 1.165) is 24.1 Å². The molecule has 1 saturated heterocycles. The van der Waals surface area contributed by atoms with Gasteiger partial charge >= 0.3 is 0 Å². The summed E-state index contributed by atoms with van der Waals surface area (Å²) in [5, 5.41) is 2.88. The van der Waals surface area contributed by atoms with Gasteiger partial charge in [0.15, 0.2) is 6.61 Å². The molecule has 1 fully saturated rings. The fraction of sp³-hybridized carbons (Fsp3) is 0.500. The van der Waals surface area contributed by atoms with Crippen molar-refractivity contribution in [2.75, 3.05) is 32.8 Å². The van der Waals surface area contributed by atoms with Gasteiger partial charge in [0.05, 0.1) is 0 Å². The molecule has 1 aromatic carbocycles. The molecule has 1 aliphatic rings. The molecule has 112 valence electrons. The standard InChI is InChI=1S/C14H19BrN2O2.ClH/c15-12-3-5-13(6-4-12)19-11-14(18)16-7-10-17-8-1-2-9-17;/h3-6H,1-2,7-11H2,(H,16,18);1H. The minimum absolute atomic E-state index is 0. The number of ether oxygens (including phenoxy) is 1. The SMILES string of the molecule is Cl.O=C(COc1ccc(Br)cc1)NCCN1CCCC1. The highest BCUT2D eigenvalue weighted by Crippen LogP contribution is 2.15. The van der Waals surface area contributed by atoms with Gasteiger partial charge in [-0.05, 0) is 50.2 Å². The summed E-state index contributed by atoms with van der Waals surface area (Å²) in [6, 6.07) is 7.45. The molecule has 0 saturated carbocycles. The lowest BCUT2D eigenvalue weighted by atomic mass is 10.3. The zero-order valence-electron chi connectivity index (χ0n) is 11.3. The first-order valence-electron chi connectivity index (χ1n) is 6.61. The van der Waals surface area contributed by atoms with Gasteiger partial charge in [0.1, 0.15) is 5.75 Å². The van der Waals surface area contributed by atoms with Crippen molar-refractivity contribution in [3.63, 3.8) is 0 Å². The van der Waals surface area contributed by atoms with E-state index < -0.39 is 0 Å². The van der Waals surface area contributed by atoms with Crippen LogP contribution in [0, 0.1) is 0 Å². The van der Waals surface area contributed by atoms with Gasteiger partial charge in [-0.15, -0.1) is 12.4 Å². The van der Waals surface area contributed by atoms with Crippen molar-refractivity contribution < 1.29 is 9.53 Å². The maximum atomic E-state index is 11.6. The van der Waals surface area contributed by atoms with Crippen LogP contribution in [0.3, 0.4) is 0 Å². The molecule has 0 radical (unpaired) electrons. The van der Waals surface area contributed by atoms with E-state index in [-0.39, 0.29) is 24.9 Å². The number of carbonyl (C=O) groups excluding carboxylic acids is 1. The van der Waals surface area contributed by atoms with Crippen LogP contribution in [-0.4, -0.2) is 43.6 Å². The van der Waals surface area contributed by atoms with Gasteiger partial charge in [0, 0.05) is 17.6 Å². The topological polar surface area (TPSA) is 41.6 Å². The molecule has 1 amide bonds. The number of halogens is 2. The maximum Gasteiger partial charge on any atom is 0.257 e. The second-order valence-corrected chi connectivity index (χ2v) is 5.56. The van der Waals surface area contributed by atoms with E-state index in [1.807, 2.05) is 24.3 Å². The molecule has 0 spiro atoms. The maximum absolute atomic E-state index is 11.6. The fourth-order valence-corrected chi connectivity index (χ4v) is 2.35. The highest BCUT2D eigenvalue weighted by molar-refractivity contribution is 9.10. The Bertz CT molecular complexity index is 408. The molecule has 1 aliphatic heterocycles. The number of hydrogen-bond acceptors (Lipinski definition) is 3. The van der Waals surface area contributed by atoms with Crippen molar-refractivity contribution >= 4 is 34.2 Å².